The van der Waals surface area contributed by atoms with Crippen LogP contribution in [0.25, 0.3) is 0 Å². The van der Waals surface area contributed by atoms with Gasteiger partial charge in [0.05, 0.1) is 30.4 Å². The van der Waals surface area contributed by atoms with E-state index in [1.54, 1.807) is 25.3 Å². The monoisotopic (exact) mass is 340 g/mol. The molecule has 0 saturated heterocycles. The highest BCUT2D eigenvalue weighted by molar-refractivity contribution is 6.37. The SMILES string of the molecule is COc1ccccc1OCCCCOc1c(Cl)cccc1Cl. The minimum Gasteiger partial charge on any atom is -0.493 e. The first-order valence-electron chi connectivity index (χ1n) is 7.05. The van der Waals surface area contributed by atoms with Crippen molar-refractivity contribution in [3.8, 4) is 17.2 Å². The van der Waals surface area contributed by atoms with E-state index < -0.39 is 0 Å². The van der Waals surface area contributed by atoms with Crippen LogP contribution in [0.15, 0.2) is 42.5 Å². The van der Waals surface area contributed by atoms with Crippen LogP contribution in [0.1, 0.15) is 12.8 Å². The maximum Gasteiger partial charge on any atom is 0.161 e. The molecule has 0 aromatic heterocycles. The number of ether oxygens (including phenoxy) is 3. The predicted molar refractivity (Wildman–Crippen MR) is 89.7 cm³/mol. The molecule has 0 saturated carbocycles. The molecule has 0 atom stereocenters. The van der Waals surface area contributed by atoms with Gasteiger partial charge in [0.2, 0.25) is 0 Å². The number of unbranched alkanes of at least 4 members (excludes halogenated alkanes) is 1. The van der Waals surface area contributed by atoms with Gasteiger partial charge in [0.15, 0.2) is 17.2 Å². The lowest BCUT2D eigenvalue weighted by molar-refractivity contribution is 0.258. The summed E-state index contributed by atoms with van der Waals surface area (Å²) in [4.78, 5) is 0. The molecule has 0 aliphatic heterocycles. The minimum absolute atomic E-state index is 0.526. The van der Waals surface area contributed by atoms with E-state index in [4.69, 9.17) is 37.4 Å². The molecule has 0 aliphatic carbocycles. The van der Waals surface area contributed by atoms with Gasteiger partial charge in [0, 0.05) is 0 Å². The number of methoxy groups -OCH3 is 1. The van der Waals surface area contributed by atoms with Crippen molar-refractivity contribution in [2.24, 2.45) is 0 Å². The van der Waals surface area contributed by atoms with E-state index in [1.807, 2.05) is 24.3 Å². The Hall–Kier alpha value is -1.58. The molecular formula is C17H18Cl2O3. The first-order valence-corrected chi connectivity index (χ1v) is 7.80. The molecule has 0 bridgehead atoms. The molecule has 0 N–H and O–H groups in total. The van der Waals surface area contributed by atoms with Crippen molar-refractivity contribution in [1.82, 2.24) is 0 Å². The smallest absolute Gasteiger partial charge is 0.161 e. The zero-order valence-electron chi connectivity index (χ0n) is 12.4. The lowest BCUT2D eigenvalue weighted by Crippen LogP contribution is -2.03. The quantitative estimate of drug-likeness (QED) is 0.615. The zero-order chi connectivity index (χ0) is 15.8. The largest absolute Gasteiger partial charge is 0.493 e. The topological polar surface area (TPSA) is 27.7 Å². The maximum atomic E-state index is 6.04. The molecule has 0 spiro atoms. The fourth-order valence-electron chi connectivity index (χ4n) is 1.92. The van der Waals surface area contributed by atoms with E-state index in [-0.39, 0.29) is 0 Å². The van der Waals surface area contributed by atoms with Crippen LogP contribution in [0.2, 0.25) is 10.0 Å². The van der Waals surface area contributed by atoms with Gasteiger partial charge in [0.25, 0.3) is 0 Å². The third-order valence-electron chi connectivity index (χ3n) is 3.03. The minimum atomic E-state index is 0.526. The van der Waals surface area contributed by atoms with Gasteiger partial charge in [-0.05, 0) is 37.1 Å². The summed E-state index contributed by atoms with van der Waals surface area (Å²) in [5.74, 6) is 2.03. The van der Waals surface area contributed by atoms with Crippen LogP contribution in [-0.4, -0.2) is 20.3 Å². The lowest BCUT2D eigenvalue weighted by Gasteiger charge is -2.11. The van der Waals surface area contributed by atoms with Gasteiger partial charge in [-0.3, -0.25) is 0 Å². The molecule has 0 aliphatic rings. The van der Waals surface area contributed by atoms with Crippen molar-refractivity contribution in [1.29, 1.82) is 0 Å². The summed E-state index contributed by atoms with van der Waals surface area (Å²) < 4.78 is 16.5. The van der Waals surface area contributed by atoms with Crippen LogP contribution in [-0.2, 0) is 0 Å². The van der Waals surface area contributed by atoms with Gasteiger partial charge in [0.1, 0.15) is 0 Å². The van der Waals surface area contributed by atoms with Crippen molar-refractivity contribution < 1.29 is 14.2 Å². The van der Waals surface area contributed by atoms with Crippen molar-refractivity contribution >= 4 is 23.2 Å². The number of benzene rings is 2. The maximum absolute atomic E-state index is 6.04. The molecular weight excluding hydrogens is 323 g/mol. The van der Waals surface area contributed by atoms with E-state index in [9.17, 15) is 0 Å². The molecule has 2 aromatic carbocycles. The second kappa shape index (κ2) is 8.76. The molecule has 2 rings (SSSR count). The van der Waals surface area contributed by atoms with Crippen molar-refractivity contribution in [2.75, 3.05) is 20.3 Å². The van der Waals surface area contributed by atoms with E-state index in [2.05, 4.69) is 0 Å². The molecule has 22 heavy (non-hydrogen) atoms. The number of halogens is 2. The van der Waals surface area contributed by atoms with Gasteiger partial charge in [-0.25, -0.2) is 0 Å². The number of para-hydroxylation sites is 3. The van der Waals surface area contributed by atoms with E-state index >= 15 is 0 Å². The fraction of sp³-hybridized carbons (Fsp3) is 0.294. The summed E-state index contributed by atoms with van der Waals surface area (Å²) in [6, 6.07) is 12.9. The Morgan fingerprint density at radius 1 is 0.773 bits per heavy atom. The summed E-state index contributed by atoms with van der Waals surface area (Å²) >= 11 is 12.1. The highest BCUT2D eigenvalue weighted by Gasteiger charge is 2.06. The normalized spacial score (nSPS) is 10.3. The first kappa shape index (κ1) is 16.8. The number of rotatable bonds is 8. The molecule has 5 heteroatoms. The zero-order valence-corrected chi connectivity index (χ0v) is 13.9. The van der Waals surface area contributed by atoms with Crippen LogP contribution in [0.5, 0.6) is 17.2 Å². The van der Waals surface area contributed by atoms with E-state index in [0.29, 0.717) is 29.0 Å². The Bertz CT molecular complexity index is 582. The van der Waals surface area contributed by atoms with Crippen LogP contribution in [0, 0.1) is 0 Å². The van der Waals surface area contributed by atoms with Gasteiger partial charge in [-0.1, -0.05) is 41.4 Å². The van der Waals surface area contributed by atoms with Gasteiger partial charge < -0.3 is 14.2 Å². The predicted octanol–water partition coefficient (Wildman–Crippen LogP) is 5.24. The Morgan fingerprint density at radius 3 is 2.00 bits per heavy atom. The first-order chi connectivity index (χ1) is 10.7. The fourth-order valence-corrected chi connectivity index (χ4v) is 2.43. The van der Waals surface area contributed by atoms with Gasteiger partial charge in [-0.2, -0.15) is 0 Å². The highest BCUT2D eigenvalue weighted by atomic mass is 35.5. The summed E-state index contributed by atoms with van der Waals surface area (Å²) in [5.41, 5.74) is 0. The van der Waals surface area contributed by atoms with Gasteiger partial charge >= 0.3 is 0 Å². The van der Waals surface area contributed by atoms with E-state index in [0.717, 1.165) is 24.3 Å². The third-order valence-corrected chi connectivity index (χ3v) is 3.63. The van der Waals surface area contributed by atoms with Crippen LogP contribution in [0.3, 0.4) is 0 Å². The average Bonchev–Trinajstić information content (AvgIpc) is 2.53. The molecule has 118 valence electrons. The second-order valence-corrected chi connectivity index (χ2v) is 5.42. The molecule has 0 radical (unpaired) electrons. The highest BCUT2D eigenvalue weighted by Crippen LogP contribution is 2.32. The Balaban J connectivity index is 1.70. The summed E-state index contributed by atoms with van der Waals surface area (Å²) in [6.07, 6.45) is 1.71. The summed E-state index contributed by atoms with van der Waals surface area (Å²) in [7, 11) is 1.63. The molecule has 0 amide bonds. The van der Waals surface area contributed by atoms with Crippen LogP contribution >= 0.6 is 23.2 Å². The van der Waals surface area contributed by atoms with Crippen molar-refractivity contribution in [3.05, 3.63) is 52.5 Å². The molecule has 3 nitrogen and oxygen atoms in total. The Morgan fingerprint density at radius 2 is 1.36 bits per heavy atom. The number of hydrogen-bond donors (Lipinski definition) is 0. The molecule has 0 unspecified atom stereocenters. The summed E-state index contributed by atoms with van der Waals surface area (Å²) in [5, 5.41) is 1.05. The van der Waals surface area contributed by atoms with Crippen molar-refractivity contribution in [3.63, 3.8) is 0 Å². The average molecular weight is 341 g/mol. The lowest BCUT2D eigenvalue weighted by atomic mass is 10.3. The van der Waals surface area contributed by atoms with Crippen LogP contribution < -0.4 is 14.2 Å². The van der Waals surface area contributed by atoms with Gasteiger partial charge in [-0.15, -0.1) is 0 Å². The van der Waals surface area contributed by atoms with Crippen molar-refractivity contribution in [2.45, 2.75) is 12.8 Å². The Kier molecular flexibility index (Phi) is 6.69. The number of hydrogen-bond acceptors (Lipinski definition) is 3. The Labute approximate surface area is 140 Å². The second-order valence-electron chi connectivity index (χ2n) is 4.61. The summed E-state index contributed by atoms with van der Waals surface area (Å²) in [6.45, 7) is 1.14. The molecule has 2 aromatic rings. The standard InChI is InChI=1S/C17H18Cl2O3/c1-20-15-9-2-3-10-16(15)21-11-4-5-12-22-17-13(18)7-6-8-14(17)19/h2-3,6-10H,4-5,11-12H2,1H3. The molecule has 0 heterocycles. The molecule has 0 fully saturated rings. The van der Waals surface area contributed by atoms with Crippen LogP contribution in [0.4, 0.5) is 0 Å². The van der Waals surface area contributed by atoms with E-state index in [1.165, 1.54) is 0 Å². The third kappa shape index (κ3) is 4.72.